The molecule has 7 nitrogen and oxygen atoms in total. The summed E-state index contributed by atoms with van der Waals surface area (Å²) in [5, 5.41) is 9.44. The molecule has 1 aliphatic rings. The molecular formula is C24H21FN4O3. The third-order valence-electron chi connectivity index (χ3n) is 5.58. The number of fused-ring (bicyclic) bond motifs is 2. The Morgan fingerprint density at radius 3 is 2.75 bits per heavy atom. The molecule has 1 unspecified atom stereocenters. The lowest BCUT2D eigenvalue weighted by Gasteiger charge is -2.21. The van der Waals surface area contributed by atoms with Crippen molar-refractivity contribution in [2.75, 3.05) is 14.2 Å². The number of hydrogen-bond acceptors (Lipinski definition) is 6. The number of benzene rings is 2. The number of pyridine rings is 1. The van der Waals surface area contributed by atoms with Gasteiger partial charge in [-0.2, -0.15) is 0 Å². The first-order valence-electron chi connectivity index (χ1n) is 10.2. The van der Waals surface area contributed by atoms with E-state index in [1.54, 1.807) is 19.4 Å². The maximum absolute atomic E-state index is 14.2. The van der Waals surface area contributed by atoms with E-state index in [1.807, 2.05) is 47.1 Å². The number of allylic oxidation sites excluding steroid dienone is 1. The number of ether oxygens (including phenoxy) is 3. The van der Waals surface area contributed by atoms with E-state index in [4.69, 9.17) is 14.2 Å². The normalized spacial score (nSPS) is 14.9. The van der Waals surface area contributed by atoms with Crippen LogP contribution in [0, 0.1) is 5.82 Å². The summed E-state index contributed by atoms with van der Waals surface area (Å²) in [7, 11) is 3.08. The van der Waals surface area contributed by atoms with Crippen molar-refractivity contribution in [3.05, 3.63) is 77.8 Å². The summed E-state index contributed by atoms with van der Waals surface area (Å²) in [4.78, 5) is 4.39. The number of rotatable bonds is 6. The van der Waals surface area contributed by atoms with E-state index in [1.165, 1.54) is 13.2 Å². The first-order chi connectivity index (χ1) is 15.7. The minimum atomic E-state index is -0.377. The molecule has 2 aromatic heterocycles. The minimum absolute atomic E-state index is 0.00752. The van der Waals surface area contributed by atoms with E-state index >= 15 is 0 Å². The Kier molecular flexibility index (Phi) is 5.18. The zero-order valence-electron chi connectivity index (χ0n) is 17.7. The van der Waals surface area contributed by atoms with Gasteiger partial charge in [-0.15, -0.1) is 10.2 Å². The molecule has 0 N–H and O–H groups in total. The van der Waals surface area contributed by atoms with Crippen molar-refractivity contribution in [1.29, 1.82) is 0 Å². The van der Waals surface area contributed by atoms with Gasteiger partial charge in [0.25, 0.3) is 0 Å². The van der Waals surface area contributed by atoms with Gasteiger partial charge >= 0.3 is 0 Å². The molecule has 1 aliphatic heterocycles. The molecule has 0 spiro atoms. The molecule has 5 rings (SSSR count). The Hall–Kier alpha value is -3.94. The molecule has 0 amide bonds. The van der Waals surface area contributed by atoms with E-state index in [0.717, 1.165) is 28.0 Å². The summed E-state index contributed by atoms with van der Waals surface area (Å²) in [6.07, 6.45) is 5.62. The number of methoxy groups -OCH3 is 2. The van der Waals surface area contributed by atoms with Crippen LogP contribution in [0.3, 0.4) is 0 Å². The molecule has 0 bridgehead atoms. The average molecular weight is 432 g/mol. The molecule has 1 atom stereocenters. The lowest BCUT2D eigenvalue weighted by molar-refractivity contribution is 0.291. The average Bonchev–Trinajstić information content (AvgIpc) is 3.24. The van der Waals surface area contributed by atoms with Crippen LogP contribution in [0.5, 0.6) is 17.2 Å². The fraction of sp³-hybridized carbons (Fsp3) is 0.208. The van der Waals surface area contributed by atoms with Gasteiger partial charge in [-0.25, -0.2) is 4.39 Å². The van der Waals surface area contributed by atoms with Gasteiger partial charge in [-0.1, -0.05) is 12.1 Å². The van der Waals surface area contributed by atoms with Crippen molar-refractivity contribution in [1.82, 2.24) is 19.7 Å². The number of hydrogen-bond donors (Lipinski definition) is 0. The fourth-order valence-electron chi connectivity index (χ4n) is 3.86. The highest BCUT2D eigenvalue weighted by Crippen LogP contribution is 2.30. The predicted molar refractivity (Wildman–Crippen MR) is 117 cm³/mol. The Labute approximate surface area is 184 Å². The van der Waals surface area contributed by atoms with Crippen LogP contribution in [-0.4, -0.2) is 34.0 Å². The summed E-state index contributed by atoms with van der Waals surface area (Å²) in [5.41, 5.74) is 1.65. The summed E-state index contributed by atoms with van der Waals surface area (Å²) >= 11 is 0. The van der Waals surface area contributed by atoms with E-state index in [-0.39, 0.29) is 24.1 Å². The highest BCUT2D eigenvalue weighted by atomic mass is 19.1. The van der Waals surface area contributed by atoms with Gasteiger partial charge in [0.2, 0.25) is 0 Å². The Morgan fingerprint density at radius 1 is 1.03 bits per heavy atom. The van der Waals surface area contributed by atoms with Crippen LogP contribution in [0.15, 0.2) is 54.7 Å². The van der Waals surface area contributed by atoms with E-state index in [9.17, 15) is 4.39 Å². The van der Waals surface area contributed by atoms with Crippen LogP contribution < -0.4 is 14.2 Å². The maximum Gasteiger partial charge on any atom is 0.171 e. The molecule has 2 aromatic carbocycles. The van der Waals surface area contributed by atoms with Crippen LogP contribution in [0.4, 0.5) is 4.39 Å². The zero-order valence-corrected chi connectivity index (χ0v) is 17.7. The molecule has 0 saturated heterocycles. The molecule has 8 heteroatoms. The molecule has 3 heterocycles. The topological polar surface area (TPSA) is 71.3 Å². The molecule has 32 heavy (non-hydrogen) atoms. The van der Waals surface area contributed by atoms with Crippen molar-refractivity contribution in [2.24, 2.45) is 0 Å². The van der Waals surface area contributed by atoms with Gasteiger partial charge in [0.15, 0.2) is 23.2 Å². The number of halogens is 1. The maximum atomic E-state index is 14.2. The van der Waals surface area contributed by atoms with E-state index in [0.29, 0.717) is 18.1 Å². The van der Waals surface area contributed by atoms with Crippen LogP contribution >= 0.6 is 0 Å². The lowest BCUT2D eigenvalue weighted by Crippen LogP contribution is -2.16. The Balaban J connectivity index is 1.36. The quantitative estimate of drug-likeness (QED) is 0.451. The molecular weight excluding hydrogens is 411 g/mol. The highest BCUT2D eigenvalue weighted by Gasteiger charge is 2.21. The van der Waals surface area contributed by atoms with Crippen LogP contribution in [0.2, 0.25) is 0 Å². The summed E-state index contributed by atoms with van der Waals surface area (Å²) in [6.45, 7) is 0.841. The summed E-state index contributed by atoms with van der Waals surface area (Å²) < 4.78 is 32.6. The largest absolute Gasteiger partial charge is 0.497 e. The van der Waals surface area contributed by atoms with Gasteiger partial charge in [0.1, 0.15) is 18.1 Å². The van der Waals surface area contributed by atoms with Crippen LogP contribution in [0.1, 0.15) is 23.1 Å². The summed E-state index contributed by atoms with van der Waals surface area (Å²) in [6, 6.07) is 12.5. The minimum Gasteiger partial charge on any atom is -0.497 e. The standard InChI is InChI=1S/C24H21FN4O3/c1-30-17-5-6-18-20(12-17)26-10-9-21(18)32-14-24-28-27-23-8-4-16(13-29(23)24)15-3-7-22(31-2)19(25)11-15/h3-12,16H,13-14H2,1-2H3. The second-order valence-corrected chi connectivity index (χ2v) is 7.43. The first-order valence-corrected chi connectivity index (χ1v) is 10.2. The number of nitrogens with zero attached hydrogens (tertiary/aromatic N) is 4. The Bertz CT molecular complexity index is 1320. The first kappa shape index (κ1) is 20.0. The van der Waals surface area contributed by atoms with Crippen molar-refractivity contribution < 1.29 is 18.6 Å². The van der Waals surface area contributed by atoms with Gasteiger partial charge in [0.05, 0.1) is 19.7 Å². The van der Waals surface area contributed by atoms with E-state index < -0.39 is 0 Å². The predicted octanol–water partition coefficient (Wildman–Crippen LogP) is 4.37. The Morgan fingerprint density at radius 2 is 1.94 bits per heavy atom. The molecule has 162 valence electrons. The van der Waals surface area contributed by atoms with Crippen molar-refractivity contribution in [3.63, 3.8) is 0 Å². The van der Waals surface area contributed by atoms with Crippen LogP contribution in [0.25, 0.3) is 17.0 Å². The summed E-state index contributed by atoms with van der Waals surface area (Å²) in [5.74, 6) is 2.73. The zero-order chi connectivity index (χ0) is 22.1. The van der Waals surface area contributed by atoms with Gasteiger partial charge in [-0.3, -0.25) is 4.98 Å². The molecule has 0 fully saturated rings. The third kappa shape index (κ3) is 3.64. The number of aromatic nitrogens is 4. The SMILES string of the molecule is COc1ccc2c(OCc3nnc4n3CC(c3ccc(OC)c(F)c3)C=C4)ccnc2c1. The smallest absolute Gasteiger partial charge is 0.171 e. The fourth-order valence-corrected chi connectivity index (χ4v) is 3.86. The second kappa shape index (κ2) is 8.30. The second-order valence-electron chi connectivity index (χ2n) is 7.43. The van der Waals surface area contributed by atoms with Crippen LogP contribution in [-0.2, 0) is 13.2 Å². The van der Waals surface area contributed by atoms with E-state index in [2.05, 4.69) is 15.2 Å². The van der Waals surface area contributed by atoms with Crippen molar-refractivity contribution in [2.45, 2.75) is 19.1 Å². The molecule has 0 radical (unpaired) electrons. The van der Waals surface area contributed by atoms with Crippen molar-refractivity contribution >= 4 is 17.0 Å². The highest BCUT2D eigenvalue weighted by molar-refractivity contribution is 5.85. The van der Waals surface area contributed by atoms with Gasteiger partial charge in [-0.05, 0) is 42.0 Å². The van der Waals surface area contributed by atoms with Crippen molar-refractivity contribution in [3.8, 4) is 17.2 Å². The molecule has 4 aromatic rings. The van der Waals surface area contributed by atoms with Gasteiger partial charge in [0, 0.05) is 30.1 Å². The monoisotopic (exact) mass is 432 g/mol. The molecule has 0 aliphatic carbocycles. The third-order valence-corrected chi connectivity index (χ3v) is 5.58. The molecule has 0 saturated carbocycles. The lowest BCUT2D eigenvalue weighted by atomic mass is 9.96. The van der Waals surface area contributed by atoms with Gasteiger partial charge < -0.3 is 18.8 Å².